The van der Waals surface area contributed by atoms with Crippen LogP contribution in [0.3, 0.4) is 0 Å². The van der Waals surface area contributed by atoms with Crippen molar-refractivity contribution in [2.45, 2.75) is 20.3 Å². The second-order valence-electron chi connectivity index (χ2n) is 2.01. The quantitative estimate of drug-likeness (QED) is 0.543. The van der Waals surface area contributed by atoms with Gasteiger partial charge in [0.05, 0.1) is 0 Å². The molecular weight excluding hydrogens is 175 g/mol. The zero-order valence-corrected chi connectivity index (χ0v) is 7.82. The summed E-state index contributed by atoms with van der Waals surface area (Å²) in [4.78, 5) is 0. The number of hydrogen-bond acceptors (Lipinski definition) is 0. The van der Waals surface area contributed by atoms with Crippen LogP contribution in [0.4, 0.5) is 0 Å². The molecule has 42 valence electrons. The molecule has 0 radical (unpaired) electrons. The van der Waals surface area contributed by atoms with Crippen LogP contribution in [0.1, 0.15) is 20.3 Å². The summed E-state index contributed by atoms with van der Waals surface area (Å²) in [6, 6.07) is 0. The summed E-state index contributed by atoms with van der Waals surface area (Å²) in [6.07, 6.45) is 5.64. The van der Waals surface area contributed by atoms with E-state index in [1.807, 2.05) is 0 Å². The number of allylic oxidation sites excluding steroid dienone is 4. The van der Waals surface area contributed by atoms with Crippen molar-refractivity contribution in [3.05, 3.63) is 23.3 Å². The van der Waals surface area contributed by atoms with Gasteiger partial charge in [-0.2, -0.15) is 0 Å². The molecule has 1 aliphatic carbocycles. The second-order valence-corrected chi connectivity index (χ2v) is 2.01. The normalized spacial score (nSPS) is 16.8. The van der Waals surface area contributed by atoms with Gasteiger partial charge in [0.2, 0.25) is 0 Å². The SMILES string of the molecule is CC1=CCC=C1C.[Zr]. The molecule has 0 bridgehead atoms. The maximum Gasteiger partial charge on any atom is 0 e. The minimum Gasteiger partial charge on any atom is -0.0775 e. The Morgan fingerprint density at radius 2 is 1.50 bits per heavy atom. The monoisotopic (exact) mass is 184 g/mol. The van der Waals surface area contributed by atoms with E-state index in [1.165, 1.54) is 11.1 Å². The fraction of sp³-hybridized carbons (Fsp3) is 0.429. The van der Waals surface area contributed by atoms with Gasteiger partial charge in [-0.15, -0.1) is 0 Å². The smallest absolute Gasteiger partial charge is 0 e. The van der Waals surface area contributed by atoms with Crippen molar-refractivity contribution in [1.82, 2.24) is 0 Å². The molecule has 0 heterocycles. The first-order valence-corrected chi connectivity index (χ1v) is 2.64. The van der Waals surface area contributed by atoms with E-state index >= 15 is 0 Å². The fourth-order valence-electron chi connectivity index (χ4n) is 0.734. The summed E-state index contributed by atoms with van der Waals surface area (Å²) in [5, 5.41) is 0. The predicted molar refractivity (Wildman–Crippen MR) is 32.1 cm³/mol. The molecule has 0 aromatic heterocycles. The standard InChI is InChI=1S/C7H10.Zr/c1-6-4-3-5-7(6)2;/h4-5H,3H2,1-2H3;. The first-order chi connectivity index (χ1) is 3.30. The Kier molecular flexibility index (Phi) is 3.55. The van der Waals surface area contributed by atoms with Crippen LogP contribution in [0.15, 0.2) is 23.3 Å². The fourth-order valence-corrected chi connectivity index (χ4v) is 0.734. The van der Waals surface area contributed by atoms with Crippen molar-refractivity contribution >= 4 is 0 Å². The van der Waals surface area contributed by atoms with Crippen LogP contribution in [0.2, 0.25) is 0 Å². The Morgan fingerprint density at radius 3 is 1.62 bits per heavy atom. The van der Waals surface area contributed by atoms with E-state index in [4.69, 9.17) is 0 Å². The summed E-state index contributed by atoms with van der Waals surface area (Å²) in [6.45, 7) is 4.30. The maximum absolute atomic E-state index is 2.25. The van der Waals surface area contributed by atoms with Crippen molar-refractivity contribution in [1.29, 1.82) is 0 Å². The topological polar surface area (TPSA) is 0 Å². The average Bonchev–Trinajstić information content (AvgIpc) is 1.91. The van der Waals surface area contributed by atoms with Crippen LogP contribution in [-0.2, 0) is 26.2 Å². The molecule has 0 aromatic rings. The largest absolute Gasteiger partial charge is 0.0775 e. The molecule has 0 saturated heterocycles. The van der Waals surface area contributed by atoms with Crippen LogP contribution in [0.5, 0.6) is 0 Å². The molecule has 0 fully saturated rings. The molecule has 0 aromatic carbocycles. The van der Waals surface area contributed by atoms with Gasteiger partial charge >= 0.3 is 0 Å². The van der Waals surface area contributed by atoms with E-state index in [1.54, 1.807) is 0 Å². The molecule has 0 amide bonds. The van der Waals surface area contributed by atoms with Gasteiger partial charge in [0.15, 0.2) is 0 Å². The van der Waals surface area contributed by atoms with Gasteiger partial charge in [0, 0.05) is 26.2 Å². The van der Waals surface area contributed by atoms with Crippen molar-refractivity contribution in [3.8, 4) is 0 Å². The van der Waals surface area contributed by atoms with Gasteiger partial charge in [0.1, 0.15) is 0 Å². The van der Waals surface area contributed by atoms with E-state index in [-0.39, 0.29) is 26.2 Å². The van der Waals surface area contributed by atoms with Gasteiger partial charge in [-0.05, 0) is 20.3 Å². The van der Waals surface area contributed by atoms with E-state index in [2.05, 4.69) is 26.0 Å². The molecule has 0 N–H and O–H groups in total. The molecule has 1 aliphatic rings. The summed E-state index contributed by atoms with van der Waals surface area (Å²) >= 11 is 0. The predicted octanol–water partition coefficient (Wildman–Crippen LogP) is 2.28. The van der Waals surface area contributed by atoms with Gasteiger partial charge in [-0.1, -0.05) is 23.3 Å². The summed E-state index contributed by atoms with van der Waals surface area (Å²) in [7, 11) is 0. The molecule has 0 spiro atoms. The third-order valence-corrected chi connectivity index (χ3v) is 1.47. The van der Waals surface area contributed by atoms with Crippen LogP contribution in [-0.4, -0.2) is 0 Å². The van der Waals surface area contributed by atoms with Gasteiger partial charge < -0.3 is 0 Å². The molecule has 0 saturated carbocycles. The van der Waals surface area contributed by atoms with Crippen molar-refractivity contribution in [2.24, 2.45) is 0 Å². The van der Waals surface area contributed by atoms with E-state index in [9.17, 15) is 0 Å². The number of rotatable bonds is 0. The van der Waals surface area contributed by atoms with Crippen LogP contribution in [0.25, 0.3) is 0 Å². The molecule has 8 heavy (non-hydrogen) atoms. The first-order valence-electron chi connectivity index (χ1n) is 2.64. The van der Waals surface area contributed by atoms with E-state index < -0.39 is 0 Å². The van der Waals surface area contributed by atoms with Crippen molar-refractivity contribution in [3.63, 3.8) is 0 Å². The third kappa shape index (κ3) is 1.70. The van der Waals surface area contributed by atoms with Gasteiger partial charge in [-0.3, -0.25) is 0 Å². The van der Waals surface area contributed by atoms with Crippen molar-refractivity contribution in [2.75, 3.05) is 0 Å². The Hall–Kier alpha value is 0.363. The molecule has 1 rings (SSSR count). The van der Waals surface area contributed by atoms with E-state index in [0.29, 0.717) is 0 Å². The molecule has 1 heteroatoms. The Balaban J connectivity index is 0.000000490. The average molecular weight is 185 g/mol. The van der Waals surface area contributed by atoms with Crippen LogP contribution >= 0.6 is 0 Å². The Labute approximate surface area is 69.8 Å². The summed E-state index contributed by atoms with van der Waals surface area (Å²) in [5.74, 6) is 0. The third-order valence-electron chi connectivity index (χ3n) is 1.47. The molecule has 0 atom stereocenters. The second kappa shape index (κ2) is 3.40. The molecule has 0 nitrogen and oxygen atoms in total. The Bertz CT molecular complexity index is 115. The molecule has 0 aliphatic heterocycles. The Morgan fingerprint density at radius 1 is 1.12 bits per heavy atom. The van der Waals surface area contributed by atoms with Gasteiger partial charge in [-0.25, -0.2) is 0 Å². The van der Waals surface area contributed by atoms with Gasteiger partial charge in [0.25, 0.3) is 0 Å². The zero-order chi connectivity index (χ0) is 5.28. The summed E-state index contributed by atoms with van der Waals surface area (Å²) in [5.41, 5.74) is 2.89. The minimum atomic E-state index is 0. The molecular formula is C7H10Zr. The molecule has 0 unspecified atom stereocenters. The number of hydrogen-bond donors (Lipinski definition) is 0. The van der Waals surface area contributed by atoms with Crippen molar-refractivity contribution < 1.29 is 26.2 Å². The maximum atomic E-state index is 2.25. The zero-order valence-electron chi connectivity index (χ0n) is 5.36. The first kappa shape index (κ1) is 8.36. The van der Waals surface area contributed by atoms with Crippen LogP contribution in [0, 0.1) is 0 Å². The minimum absolute atomic E-state index is 0. The summed E-state index contributed by atoms with van der Waals surface area (Å²) < 4.78 is 0. The van der Waals surface area contributed by atoms with Crippen LogP contribution < -0.4 is 0 Å². The van der Waals surface area contributed by atoms with E-state index in [0.717, 1.165) is 6.42 Å².